The summed E-state index contributed by atoms with van der Waals surface area (Å²) in [5, 5.41) is 3.63. The Kier molecular flexibility index (Phi) is 3.54. The van der Waals surface area contributed by atoms with Crippen LogP contribution in [0.3, 0.4) is 0 Å². The minimum Gasteiger partial charge on any atom is -0.310 e. The summed E-state index contributed by atoms with van der Waals surface area (Å²) in [4.78, 5) is 20.1. The number of aromatic nitrogens is 2. The Labute approximate surface area is 129 Å². The molecular weight excluding hydrogens is 315 g/mol. The fraction of sp³-hybridized carbons (Fsp3) is 0.143. The molecule has 3 nitrogen and oxygen atoms in total. The molecule has 2 aromatic heterocycles. The SMILES string of the molecule is Cc1csc2nc(Cc3ccc(Cl)c(Cl)c3)[nH]c(=O)c12. The van der Waals surface area contributed by atoms with Crippen molar-refractivity contribution in [1.82, 2.24) is 9.97 Å². The third-order valence-corrected chi connectivity index (χ3v) is 4.76. The predicted octanol–water partition coefficient (Wildman–Crippen LogP) is 4.19. The molecule has 3 rings (SSSR count). The molecular formula is C14H10Cl2N2OS. The van der Waals surface area contributed by atoms with Gasteiger partial charge in [-0.2, -0.15) is 0 Å². The van der Waals surface area contributed by atoms with Crippen molar-refractivity contribution < 1.29 is 0 Å². The number of nitrogens with one attached hydrogen (secondary N) is 1. The molecule has 0 fully saturated rings. The number of rotatable bonds is 2. The van der Waals surface area contributed by atoms with E-state index in [4.69, 9.17) is 23.2 Å². The van der Waals surface area contributed by atoms with Crippen LogP contribution in [0, 0.1) is 6.92 Å². The Morgan fingerprint density at radius 2 is 2.10 bits per heavy atom. The molecule has 0 amide bonds. The highest BCUT2D eigenvalue weighted by atomic mass is 35.5. The van der Waals surface area contributed by atoms with Gasteiger partial charge in [-0.25, -0.2) is 4.98 Å². The summed E-state index contributed by atoms with van der Waals surface area (Å²) < 4.78 is 0. The summed E-state index contributed by atoms with van der Waals surface area (Å²) >= 11 is 13.4. The zero-order valence-corrected chi connectivity index (χ0v) is 12.9. The molecule has 20 heavy (non-hydrogen) atoms. The van der Waals surface area contributed by atoms with Crippen LogP contribution in [-0.4, -0.2) is 9.97 Å². The summed E-state index contributed by atoms with van der Waals surface area (Å²) in [6.45, 7) is 1.91. The lowest BCUT2D eigenvalue weighted by Crippen LogP contribution is -2.11. The molecule has 0 aliphatic heterocycles. The molecule has 0 aliphatic carbocycles. The van der Waals surface area contributed by atoms with Crippen molar-refractivity contribution in [3.8, 4) is 0 Å². The zero-order valence-electron chi connectivity index (χ0n) is 10.5. The minimum atomic E-state index is -0.0937. The van der Waals surface area contributed by atoms with Crippen molar-refractivity contribution in [2.75, 3.05) is 0 Å². The molecule has 0 spiro atoms. The van der Waals surface area contributed by atoms with Crippen molar-refractivity contribution in [2.45, 2.75) is 13.3 Å². The third kappa shape index (κ3) is 2.46. The summed E-state index contributed by atoms with van der Waals surface area (Å²) in [7, 11) is 0. The Balaban J connectivity index is 2.02. The van der Waals surface area contributed by atoms with Crippen molar-refractivity contribution in [2.24, 2.45) is 0 Å². The smallest absolute Gasteiger partial charge is 0.259 e. The first kappa shape index (κ1) is 13.6. The molecule has 0 atom stereocenters. The van der Waals surface area contributed by atoms with Gasteiger partial charge in [0.05, 0.1) is 15.4 Å². The summed E-state index contributed by atoms with van der Waals surface area (Å²) in [5.41, 5.74) is 1.82. The zero-order chi connectivity index (χ0) is 14.3. The van der Waals surface area contributed by atoms with E-state index >= 15 is 0 Å². The van der Waals surface area contributed by atoms with Gasteiger partial charge in [0.1, 0.15) is 10.7 Å². The molecule has 0 saturated carbocycles. The van der Waals surface area contributed by atoms with E-state index in [9.17, 15) is 4.79 Å². The van der Waals surface area contributed by atoms with Gasteiger partial charge in [0, 0.05) is 6.42 Å². The van der Waals surface area contributed by atoms with Crippen molar-refractivity contribution >= 4 is 44.8 Å². The molecule has 0 bridgehead atoms. The van der Waals surface area contributed by atoms with Gasteiger partial charge in [-0.1, -0.05) is 29.3 Å². The van der Waals surface area contributed by atoms with Gasteiger partial charge in [-0.05, 0) is 35.6 Å². The van der Waals surface area contributed by atoms with E-state index in [0.717, 1.165) is 16.0 Å². The number of H-pyrrole nitrogens is 1. The Hall–Kier alpha value is -1.36. The maximum Gasteiger partial charge on any atom is 0.259 e. The fourth-order valence-corrected chi connectivity index (χ4v) is 3.32. The van der Waals surface area contributed by atoms with E-state index in [2.05, 4.69) is 9.97 Å². The van der Waals surface area contributed by atoms with Crippen LogP contribution < -0.4 is 5.56 Å². The lowest BCUT2D eigenvalue weighted by Gasteiger charge is -2.03. The Morgan fingerprint density at radius 1 is 1.30 bits per heavy atom. The number of nitrogens with zero attached hydrogens (tertiary/aromatic N) is 1. The topological polar surface area (TPSA) is 45.8 Å². The van der Waals surface area contributed by atoms with E-state index < -0.39 is 0 Å². The van der Waals surface area contributed by atoms with Gasteiger partial charge in [0.15, 0.2) is 0 Å². The second kappa shape index (κ2) is 5.20. The van der Waals surface area contributed by atoms with Crippen LogP contribution in [0.15, 0.2) is 28.4 Å². The van der Waals surface area contributed by atoms with E-state index in [0.29, 0.717) is 27.7 Å². The lowest BCUT2D eigenvalue weighted by molar-refractivity contribution is 0.976. The predicted molar refractivity (Wildman–Crippen MR) is 84.2 cm³/mol. The molecule has 0 saturated heterocycles. The number of aromatic amines is 1. The largest absolute Gasteiger partial charge is 0.310 e. The molecule has 3 aromatic rings. The number of fused-ring (bicyclic) bond motifs is 1. The Morgan fingerprint density at radius 3 is 2.85 bits per heavy atom. The summed E-state index contributed by atoms with van der Waals surface area (Å²) in [6.07, 6.45) is 0.513. The van der Waals surface area contributed by atoms with E-state index in [1.807, 2.05) is 18.4 Å². The fourth-order valence-electron chi connectivity index (χ4n) is 2.06. The van der Waals surface area contributed by atoms with Gasteiger partial charge in [-0.3, -0.25) is 4.79 Å². The molecule has 2 heterocycles. The van der Waals surface area contributed by atoms with Crippen molar-refractivity contribution in [1.29, 1.82) is 0 Å². The maximum atomic E-state index is 12.1. The molecule has 102 valence electrons. The number of halogens is 2. The minimum absolute atomic E-state index is 0.0937. The number of hydrogen-bond donors (Lipinski definition) is 1. The first-order valence-corrected chi connectivity index (χ1v) is 7.59. The highest BCUT2D eigenvalue weighted by Gasteiger charge is 2.09. The number of hydrogen-bond acceptors (Lipinski definition) is 3. The van der Waals surface area contributed by atoms with Crippen molar-refractivity contribution in [3.63, 3.8) is 0 Å². The molecule has 1 N–H and O–H groups in total. The van der Waals surface area contributed by atoms with Crippen LogP contribution in [0.4, 0.5) is 0 Å². The van der Waals surface area contributed by atoms with Gasteiger partial charge in [0.25, 0.3) is 5.56 Å². The highest BCUT2D eigenvalue weighted by Crippen LogP contribution is 2.24. The average Bonchev–Trinajstić information content (AvgIpc) is 2.76. The second-order valence-corrected chi connectivity index (χ2v) is 6.21. The lowest BCUT2D eigenvalue weighted by atomic mass is 10.1. The molecule has 6 heteroatoms. The number of thiophene rings is 1. The number of aryl methyl sites for hydroxylation is 1. The van der Waals surface area contributed by atoms with E-state index in [-0.39, 0.29) is 5.56 Å². The van der Waals surface area contributed by atoms with Gasteiger partial charge in [-0.15, -0.1) is 11.3 Å². The maximum absolute atomic E-state index is 12.1. The van der Waals surface area contributed by atoms with E-state index in [1.54, 1.807) is 12.1 Å². The standard InChI is InChI=1S/C14H10Cl2N2OS/c1-7-6-20-14-12(7)13(19)17-11(18-14)5-8-2-3-9(15)10(16)4-8/h2-4,6H,5H2,1H3,(H,17,18,19). The van der Waals surface area contributed by atoms with Crippen LogP contribution in [0.2, 0.25) is 10.0 Å². The highest BCUT2D eigenvalue weighted by molar-refractivity contribution is 7.16. The first-order chi connectivity index (χ1) is 9.54. The van der Waals surface area contributed by atoms with Gasteiger partial charge >= 0.3 is 0 Å². The molecule has 0 aliphatic rings. The summed E-state index contributed by atoms with van der Waals surface area (Å²) in [5.74, 6) is 0.628. The van der Waals surface area contributed by atoms with E-state index in [1.165, 1.54) is 11.3 Å². The first-order valence-electron chi connectivity index (χ1n) is 5.95. The molecule has 0 radical (unpaired) electrons. The quantitative estimate of drug-likeness (QED) is 0.768. The van der Waals surface area contributed by atoms with Crippen LogP contribution in [0.5, 0.6) is 0 Å². The van der Waals surface area contributed by atoms with Crippen LogP contribution >= 0.6 is 34.5 Å². The molecule has 0 unspecified atom stereocenters. The van der Waals surface area contributed by atoms with Gasteiger partial charge < -0.3 is 4.98 Å². The number of benzene rings is 1. The normalized spacial score (nSPS) is 11.2. The van der Waals surface area contributed by atoms with Crippen LogP contribution in [0.1, 0.15) is 17.0 Å². The molecule has 1 aromatic carbocycles. The average molecular weight is 325 g/mol. The van der Waals surface area contributed by atoms with Crippen molar-refractivity contribution in [3.05, 3.63) is 60.9 Å². The monoisotopic (exact) mass is 324 g/mol. The summed E-state index contributed by atoms with van der Waals surface area (Å²) in [6, 6.07) is 5.40. The van der Waals surface area contributed by atoms with Gasteiger partial charge in [0.2, 0.25) is 0 Å². The third-order valence-electron chi connectivity index (χ3n) is 3.03. The second-order valence-electron chi connectivity index (χ2n) is 4.54. The van der Waals surface area contributed by atoms with Crippen LogP contribution in [-0.2, 0) is 6.42 Å². The Bertz CT molecular complexity index is 854. The van der Waals surface area contributed by atoms with Crippen LogP contribution in [0.25, 0.3) is 10.2 Å².